The van der Waals surface area contributed by atoms with Gasteiger partial charge in [-0.15, -0.1) is 0 Å². The van der Waals surface area contributed by atoms with Crippen molar-refractivity contribution in [2.45, 2.75) is 25.5 Å². The summed E-state index contributed by atoms with van der Waals surface area (Å²) in [6, 6.07) is 14.8. The summed E-state index contributed by atoms with van der Waals surface area (Å²) in [6.07, 6.45) is 0.348. The molecule has 1 heterocycles. The maximum Gasteiger partial charge on any atom is 0.143 e. The van der Waals surface area contributed by atoms with Crippen LogP contribution in [0.25, 0.3) is 10.8 Å². The van der Waals surface area contributed by atoms with Gasteiger partial charge < -0.3 is 9.64 Å². The Labute approximate surface area is 113 Å². The van der Waals surface area contributed by atoms with Gasteiger partial charge in [0, 0.05) is 12.4 Å². The van der Waals surface area contributed by atoms with Gasteiger partial charge in [-0.25, -0.2) is 0 Å². The van der Waals surface area contributed by atoms with Crippen LogP contribution in [0.3, 0.4) is 0 Å². The highest BCUT2D eigenvalue weighted by atomic mass is 16.5. The zero-order chi connectivity index (χ0) is 13.4. The van der Waals surface area contributed by atoms with Crippen LogP contribution in [0.5, 0.6) is 5.75 Å². The number of hydrogen-bond acceptors (Lipinski definition) is 3. The monoisotopic (exact) mass is 252 g/mol. The predicted octanol–water partition coefficient (Wildman–Crippen LogP) is 3.34. The lowest BCUT2D eigenvalue weighted by Gasteiger charge is -2.39. The zero-order valence-corrected chi connectivity index (χ0v) is 11.1. The van der Waals surface area contributed by atoms with Crippen molar-refractivity contribution < 1.29 is 4.74 Å². The van der Waals surface area contributed by atoms with Crippen LogP contribution >= 0.6 is 0 Å². The number of hydrogen-bond donors (Lipinski definition) is 0. The van der Waals surface area contributed by atoms with Crippen LogP contribution in [0.2, 0.25) is 0 Å². The Morgan fingerprint density at radius 2 is 2.05 bits per heavy atom. The number of likely N-dealkylation sites (N-methyl/N-ethyl adjacent to an activating group) is 1. The molecule has 19 heavy (non-hydrogen) atoms. The molecule has 0 saturated heterocycles. The molecule has 0 bridgehead atoms. The SMILES string of the molecule is CC1C(CC#N)Oc2ccc3ccccc3c2N1C. The summed E-state index contributed by atoms with van der Waals surface area (Å²) in [4.78, 5) is 2.23. The molecule has 2 aromatic carbocycles. The van der Waals surface area contributed by atoms with E-state index in [1.807, 2.05) is 18.2 Å². The minimum Gasteiger partial charge on any atom is -0.485 e. The molecule has 2 aromatic rings. The van der Waals surface area contributed by atoms with Crippen LogP contribution in [0.15, 0.2) is 36.4 Å². The van der Waals surface area contributed by atoms with Crippen LogP contribution in [-0.4, -0.2) is 19.2 Å². The second-order valence-corrected chi connectivity index (χ2v) is 5.00. The first-order valence-corrected chi connectivity index (χ1v) is 6.50. The van der Waals surface area contributed by atoms with Gasteiger partial charge in [-0.2, -0.15) is 5.26 Å². The third-order valence-corrected chi connectivity index (χ3v) is 3.94. The second-order valence-electron chi connectivity index (χ2n) is 5.00. The molecule has 0 aliphatic carbocycles. The highest BCUT2D eigenvalue weighted by molar-refractivity contribution is 5.97. The molecular formula is C16H16N2O. The van der Waals surface area contributed by atoms with E-state index in [1.165, 1.54) is 10.8 Å². The minimum atomic E-state index is -0.0661. The van der Waals surface area contributed by atoms with Gasteiger partial charge >= 0.3 is 0 Å². The van der Waals surface area contributed by atoms with Crippen molar-refractivity contribution in [3.05, 3.63) is 36.4 Å². The van der Waals surface area contributed by atoms with Gasteiger partial charge in [0.15, 0.2) is 0 Å². The number of rotatable bonds is 1. The number of benzene rings is 2. The van der Waals surface area contributed by atoms with Crippen molar-refractivity contribution in [1.82, 2.24) is 0 Å². The van der Waals surface area contributed by atoms with E-state index in [1.54, 1.807) is 0 Å². The third kappa shape index (κ3) is 1.80. The predicted molar refractivity (Wildman–Crippen MR) is 76.5 cm³/mol. The molecule has 1 aliphatic rings. The smallest absolute Gasteiger partial charge is 0.143 e. The van der Waals surface area contributed by atoms with Gasteiger partial charge in [0.25, 0.3) is 0 Å². The van der Waals surface area contributed by atoms with Crippen molar-refractivity contribution in [2.24, 2.45) is 0 Å². The zero-order valence-electron chi connectivity index (χ0n) is 11.1. The average Bonchev–Trinajstić information content (AvgIpc) is 2.44. The summed E-state index contributed by atoms with van der Waals surface area (Å²) in [5.41, 5.74) is 1.12. The average molecular weight is 252 g/mol. The highest BCUT2D eigenvalue weighted by Crippen LogP contribution is 2.41. The fraction of sp³-hybridized carbons (Fsp3) is 0.312. The summed E-state index contributed by atoms with van der Waals surface area (Å²) in [6.45, 7) is 2.10. The highest BCUT2D eigenvalue weighted by Gasteiger charge is 2.31. The fourth-order valence-electron chi connectivity index (χ4n) is 2.71. The van der Waals surface area contributed by atoms with E-state index in [0.717, 1.165) is 11.4 Å². The first kappa shape index (κ1) is 11.9. The van der Waals surface area contributed by atoms with Gasteiger partial charge in [-0.3, -0.25) is 0 Å². The summed E-state index contributed by atoms with van der Waals surface area (Å²) in [5.74, 6) is 0.875. The van der Waals surface area contributed by atoms with Crippen molar-refractivity contribution in [2.75, 3.05) is 11.9 Å². The van der Waals surface area contributed by atoms with Crippen LogP contribution in [-0.2, 0) is 0 Å². The third-order valence-electron chi connectivity index (χ3n) is 3.94. The number of nitrogens with zero attached hydrogens (tertiary/aromatic N) is 2. The molecule has 0 aromatic heterocycles. The summed E-state index contributed by atoms with van der Waals surface area (Å²) >= 11 is 0. The molecule has 3 nitrogen and oxygen atoms in total. The lowest BCUT2D eigenvalue weighted by atomic mass is 10.0. The molecule has 3 heteroatoms. The molecule has 2 unspecified atom stereocenters. The Balaban J connectivity index is 2.16. The Morgan fingerprint density at radius 1 is 1.26 bits per heavy atom. The van der Waals surface area contributed by atoms with Crippen molar-refractivity contribution in [1.29, 1.82) is 5.26 Å². The van der Waals surface area contributed by atoms with E-state index in [-0.39, 0.29) is 12.1 Å². The number of nitriles is 1. The van der Waals surface area contributed by atoms with E-state index in [9.17, 15) is 0 Å². The molecular weight excluding hydrogens is 236 g/mol. The fourth-order valence-corrected chi connectivity index (χ4v) is 2.71. The van der Waals surface area contributed by atoms with Crippen LogP contribution in [0.1, 0.15) is 13.3 Å². The molecule has 96 valence electrons. The van der Waals surface area contributed by atoms with Crippen molar-refractivity contribution in [3.8, 4) is 11.8 Å². The quantitative estimate of drug-likeness (QED) is 0.781. The van der Waals surface area contributed by atoms with Crippen LogP contribution in [0.4, 0.5) is 5.69 Å². The molecule has 0 N–H and O–H groups in total. The summed E-state index contributed by atoms with van der Waals surface area (Å²) in [5, 5.41) is 11.3. The molecule has 0 amide bonds. The van der Waals surface area contributed by atoms with E-state index in [2.05, 4.69) is 43.1 Å². The largest absolute Gasteiger partial charge is 0.485 e. The van der Waals surface area contributed by atoms with Crippen LogP contribution < -0.4 is 9.64 Å². The Bertz CT molecular complexity index is 659. The second kappa shape index (κ2) is 4.47. The molecule has 3 rings (SSSR count). The standard InChI is InChI=1S/C16H16N2O/c1-11-14(9-10-17)19-15-8-7-12-5-3-4-6-13(12)16(15)18(11)2/h3-8,11,14H,9H2,1-2H3. The molecule has 0 radical (unpaired) electrons. The first-order chi connectivity index (χ1) is 9.22. The van der Waals surface area contributed by atoms with Gasteiger partial charge in [-0.05, 0) is 18.4 Å². The van der Waals surface area contributed by atoms with E-state index >= 15 is 0 Å². The van der Waals surface area contributed by atoms with Crippen molar-refractivity contribution >= 4 is 16.5 Å². The maximum absolute atomic E-state index is 8.89. The number of fused-ring (bicyclic) bond motifs is 3. The van der Waals surface area contributed by atoms with Gasteiger partial charge in [0.05, 0.1) is 24.2 Å². The molecule has 1 aliphatic heterocycles. The Morgan fingerprint density at radius 3 is 2.84 bits per heavy atom. The lowest BCUT2D eigenvalue weighted by Crippen LogP contribution is -2.45. The topological polar surface area (TPSA) is 36.3 Å². The Kier molecular flexibility index (Phi) is 2.79. The van der Waals surface area contributed by atoms with E-state index in [0.29, 0.717) is 6.42 Å². The number of anilines is 1. The molecule has 0 saturated carbocycles. The minimum absolute atomic E-state index is 0.0661. The lowest BCUT2D eigenvalue weighted by molar-refractivity contribution is 0.166. The van der Waals surface area contributed by atoms with Crippen molar-refractivity contribution in [3.63, 3.8) is 0 Å². The Hall–Kier alpha value is -2.21. The van der Waals surface area contributed by atoms with E-state index in [4.69, 9.17) is 10.00 Å². The molecule has 2 atom stereocenters. The van der Waals surface area contributed by atoms with Gasteiger partial charge in [0.2, 0.25) is 0 Å². The molecule has 0 spiro atoms. The first-order valence-electron chi connectivity index (χ1n) is 6.50. The van der Waals surface area contributed by atoms with Crippen LogP contribution in [0, 0.1) is 11.3 Å². The molecule has 0 fully saturated rings. The summed E-state index contributed by atoms with van der Waals surface area (Å²) in [7, 11) is 2.07. The van der Waals surface area contributed by atoms with E-state index < -0.39 is 0 Å². The van der Waals surface area contributed by atoms with Gasteiger partial charge in [0.1, 0.15) is 11.9 Å². The van der Waals surface area contributed by atoms with Gasteiger partial charge in [-0.1, -0.05) is 30.3 Å². The maximum atomic E-state index is 8.89. The normalized spacial score (nSPS) is 21.6. The number of ether oxygens (including phenoxy) is 1. The summed E-state index contributed by atoms with van der Waals surface area (Å²) < 4.78 is 6.00.